The van der Waals surface area contributed by atoms with Crippen LogP contribution in [0.4, 0.5) is 4.79 Å². The fourth-order valence-electron chi connectivity index (χ4n) is 5.64. The molecular formula is C29H39N3O7. The zero-order chi connectivity index (χ0) is 28.1. The molecule has 1 N–H and O–H groups in total. The standard InChI is InChI=1S/C29H39N3O7/c1-30-13-15-31(16-14-30)25(33)7-6-12-32(29(34)35)23-11-8-19-17-24(37-3)27(38-4)28(39-5)26(19)21-10-9-20(36-2)18-22(21)23/h9-10,17-18,23H,6-8,11-16H2,1-5H3,(H,34,35)/t23-/m0/s1. The minimum Gasteiger partial charge on any atom is -0.497 e. The molecule has 1 aliphatic carbocycles. The number of rotatable bonds is 9. The molecule has 0 saturated carbocycles. The number of ether oxygens (including phenoxy) is 4. The minimum atomic E-state index is -1.02. The van der Waals surface area contributed by atoms with E-state index in [1.165, 1.54) is 4.90 Å². The van der Waals surface area contributed by atoms with Gasteiger partial charge >= 0.3 is 6.09 Å². The Balaban J connectivity index is 1.66. The van der Waals surface area contributed by atoms with E-state index in [-0.39, 0.29) is 12.5 Å². The summed E-state index contributed by atoms with van der Waals surface area (Å²) in [7, 11) is 8.37. The number of likely N-dealkylation sites (N-methyl/N-ethyl adjacent to an activating group) is 1. The highest BCUT2D eigenvalue weighted by atomic mass is 16.5. The molecule has 1 fully saturated rings. The van der Waals surface area contributed by atoms with Gasteiger partial charge in [-0.2, -0.15) is 0 Å². The number of fused-ring (bicyclic) bond motifs is 3. The number of nitrogens with zero attached hydrogens (tertiary/aromatic N) is 3. The molecule has 1 saturated heterocycles. The Hall–Kier alpha value is -3.66. The lowest BCUT2D eigenvalue weighted by atomic mass is 9.93. The molecule has 4 rings (SSSR count). The number of benzene rings is 2. The van der Waals surface area contributed by atoms with Gasteiger partial charge in [-0.3, -0.25) is 4.79 Å². The number of piperazine rings is 1. The molecule has 212 valence electrons. The lowest BCUT2D eigenvalue weighted by Crippen LogP contribution is -2.47. The van der Waals surface area contributed by atoms with E-state index in [0.29, 0.717) is 61.8 Å². The van der Waals surface area contributed by atoms with Crippen LogP contribution in [0.5, 0.6) is 23.0 Å². The van der Waals surface area contributed by atoms with Gasteiger partial charge in [0, 0.05) is 44.7 Å². The van der Waals surface area contributed by atoms with Crippen molar-refractivity contribution in [2.24, 2.45) is 0 Å². The monoisotopic (exact) mass is 541 g/mol. The average Bonchev–Trinajstić information content (AvgIpc) is 3.10. The van der Waals surface area contributed by atoms with Crippen molar-refractivity contribution < 1.29 is 33.6 Å². The van der Waals surface area contributed by atoms with E-state index >= 15 is 0 Å². The van der Waals surface area contributed by atoms with Gasteiger partial charge in [0.05, 0.1) is 34.5 Å². The number of carboxylic acid groups (broad SMARTS) is 1. The molecule has 10 heteroatoms. The third kappa shape index (κ3) is 5.85. The van der Waals surface area contributed by atoms with Gasteiger partial charge in [-0.25, -0.2) is 4.79 Å². The zero-order valence-electron chi connectivity index (χ0n) is 23.5. The van der Waals surface area contributed by atoms with Crippen molar-refractivity contribution in [2.45, 2.75) is 31.7 Å². The second-order valence-corrected chi connectivity index (χ2v) is 9.95. The van der Waals surface area contributed by atoms with Crippen LogP contribution < -0.4 is 18.9 Å². The minimum absolute atomic E-state index is 0.0766. The maximum atomic E-state index is 12.8. The number of methoxy groups -OCH3 is 4. The molecular weight excluding hydrogens is 502 g/mol. The first-order valence-electron chi connectivity index (χ1n) is 13.3. The van der Waals surface area contributed by atoms with Gasteiger partial charge in [0.2, 0.25) is 11.7 Å². The molecule has 0 unspecified atom stereocenters. The molecule has 0 radical (unpaired) electrons. The van der Waals surface area contributed by atoms with Crippen LogP contribution in [0, 0.1) is 0 Å². The van der Waals surface area contributed by atoms with E-state index in [4.69, 9.17) is 18.9 Å². The molecule has 0 aromatic heterocycles. The van der Waals surface area contributed by atoms with Crippen LogP contribution in [0.25, 0.3) is 11.1 Å². The van der Waals surface area contributed by atoms with Crippen molar-refractivity contribution >= 4 is 12.0 Å². The Morgan fingerprint density at radius 1 is 0.974 bits per heavy atom. The van der Waals surface area contributed by atoms with Gasteiger partial charge in [-0.15, -0.1) is 0 Å². The molecule has 1 aliphatic heterocycles. The SMILES string of the molecule is COc1ccc2c(c1)[C@@H](N(CCCC(=O)N1CCN(C)CC1)C(=O)O)CCc1cc(OC)c(OC)c(OC)c1-2. The fraction of sp³-hybridized carbons (Fsp3) is 0.517. The number of hydrogen-bond donors (Lipinski definition) is 1. The molecule has 2 aromatic carbocycles. The van der Waals surface area contributed by atoms with E-state index in [9.17, 15) is 14.7 Å². The summed E-state index contributed by atoms with van der Waals surface area (Å²) in [5.41, 5.74) is 3.51. The molecule has 39 heavy (non-hydrogen) atoms. The Labute approximate surface area is 230 Å². The first kappa shape index (κ1) is 28.4. The highest BCUT2D eigenvalue weighted by molar-refractivity contribution is 5.83. The molecule has 1 atom stereocenters. The van der Waals surface area contributed by atoms with Crippen molar-refractivity contribution in [3.63, 3.8) is 0 Å². The zero-order valence-corrected chi connectivity index (χ0v) is 23.5. The number of hydrogen-bond acceptors (Lipinski definition) is 7. The number of amides is 2. The topological polar surface area (TPSA) is 101 Å². The Bertz CT molecular complexity index is 1190. The van der Waals surface area contributed by atoms with Crippen LogP contribution in [-0.2, 0) is 11.2 Å². The molecule has 2 aliphatic rings. The summed E-state index contributed by atoms with van der Waals surface area (Å²) in [4.78, 5) is 30.9. The van der Waals surface area contributed by atoms with Crippen molar-refractivity contribution in [1.29, 1.82) is 0 Å². The highest BCUT2D eigenvalue weighted by Crippen LogP contribution is 2.51. The van der Waals surface area contributed by atoms with Crippen molar-refractivity contribution in [1.82, 2.24) is 14.7 Å². The Kier molecular flexibility index (Phi) is 9.06. The highest BCUT2D eigenvalue weighted by Gasteiger charge is 2.33. The summed E-state index contributed by atoms with van der Waals surface area (Å²) in [5, 5.41) is 10.3. The van der Waals surface area contributed by atoms with Gasteiger partial charge in [-0.05, 0) is 61.2 Å². The Morgan fingerprint density at radius 2 is 1.69 bits per heavy atom. The van der Waals surface area contributed by atoms with Crippen LogP contribution >= 0.6 is 0 Å². The molecule has 2 amide bonds. The maximum absolute atomic E-state index is 12.8. The van der Waals surface area contributed by atoms with Gasteiger partial charge in [0.25, 0.3) is 0 Å². The third-order valence-corrected chi connectivity index (χ3v) is 7.75. The van der Waals surface area contributed by atoms with E-state index in [2.05, 4.69) is 4.90 Å². The van der Waals surface area contributed by atoms with Crippen LogP contribution in [0.2, 0.25) is 0 Å². The predicted octanol–water partition coefficient (Wildman–Crippen LogP) is 3.91. The lowest BCUT2D eigenvalue weighted by molar-refractivity contribution is -0.132. The van der Waals surface area contributed by atoms with E-state index < -0.39 is 12.1 Å². The van der Waals surface area contributed by atoms with E-state index in [0.717, 1.165) is 35.3 Å². The van der Waals surface area contributed by atoms with Crippen molar-refractivity contribution in [3.05, 3.63) is 35.4 Å². The molecule has 2 aromatic rings. The summed E-state index contributed by atoms with van der Waals surface area (Å²) in [6, 6.07) is 7.20. The molecule has 0 bridgehead atoms. The normalized spacial score (nSPS) is 16.9. The fourth-order valence-corrected chi connectivity index (χ4v) is 5.64. The van der Waals surface area contributed by atoms with Gasteiger partial charge in [0.15, 0.2) is 11.5 Å². The number of carbonyl (C=O) groups is 2. The Morgan fingerprint density at radius 3 is 2.31 bits per heavy atom. The van der Waals surface area contributed by atoms with E-state index in [1.807, 2.05) is 36.2 Å². The summed E-state index contributed by atoms with van der Waals surface area (Å²) in [5.74, 6) is 2.29. The first-order chi connectivity index (χ1) is 18.8. The maximum Gasteiger partial charge on any atom is 0.407 e. The smallest absolute Gasteiger partial charge is 0.407 e. The van der Waals surface area contributed by atoms with Crippen LogP contribution in [-0.4, -0.2) is 100 Å². The second kappa shape index (κ2) is 12.5. The summed E-state index contributed by atoms with van der Waals surface area (Å²) >= 11 is 0. The van der Waals surface area contributed by atoms with E-state index in [1.54, 1.807) is 28.4 Å². The van der Waals surface area contributed by atoms with Crippen LogP contribution in [0.3, 0.4) is 0 Å². The predicted molar refractivity (Wildman–Crippen MR) is 147 cm³/mol. The quantitative estimate of drug-likeness (QED) is 0.510. The largest absolute Gasteiger partial charge is 0.497 e. The van der Waals surface area contributed by atoms with Crippen LogP contribution in [0.1, 0.15) is 36.4 Å². The van der Waals surface area contributed by atoms with Gasteiger partial charge < -0.3 is 38.8 Å². The second-order valence-electron chi connectivity index (χ2n) is 9.95. The first-order valence-corrected chi connectivity index (χ1v) is 13.3. The average molecular weight is 542 g/mol. The molecule has 0 spiro atoms. The summed E-state index contributed by atoms with van der Waals surface area (Å²) in [6.45, 7) is 3.37. The summed E-state index contributed by atoms with van der Waals surface area (Å²) in [6.07, 6.45) is 0.884. The molecule has 10 nitrogen and oxygen atoms in total. The number of aryl methyl sites for hydroxylation is 1. The molecule has 1 heterocycles. The summed E-state index contributed by atoms with van der Waals surface area (Å²) < 4.78 is 22.6. The van der Waals surface area contributed by atoms with Crippen molar-refractivity contribution in [2.75, 3.05) is 68.2 Å². The third-order valence-electron chi connectivity index (χ3n) is 7.75. The van der Waals surface area contributed by atoms with Gasteiger partial charge in [-0.1, -0.05) is 6.07 Å². The number of carbonyl (C=O) groups excluding carboxylic acids is 1. The van der Waals surface area contributed by atoms with Crippen LogP contribution in [0.15, 0.2) is 24.3 Å². The van der Waals surface area contributed by atoms with Gasteiger partial charge in [0.1, 0.15) is 5.75 Å². The lowest BCUT2D eigenvalue weighted by Gasteiger charge is -2.33. The van der Waals surface area contributed by atoms with Crippen molar-refractivity contribution in [3.8, 4) is 34.1 Å².